The summed E-state index contributed by atoms with van der Waals surface area (Å²) in [6.07, 6.45) is 0.618. The van der Waals surface area contributed by atoms with Crippen LogP contribution in [0.25, 0.3) is 0 Å². The summed E-state index contributed by atoms with van der Waals surface area (Å²) >= 11 is 0. The Morgan fingerprint density at radius 2 is 1.74 bits per heavy atom. The second-order valence-electron chi connectivity index (χ2n) is 5.12. The molecule has 0 bridgehead atoms. The molecule has 0 heterocycles. The van der Waals surface area contributed by atoms with Crippen molar-refractivity contribution in [3.8, 4) is 0 Å². The van der Waals surface area contributed by atoms with Gasteiger partial charge in [0.2, 0.25) is 0 Å². The molecule has 0 aliphatic rings. The summed E-state index contributed by atoms with van der Waals surface area (Å²) in [6, 6.07) is 17.2. The van der Waals surface area contributed by atoms with E-state index in [1.54, 1.807) is 19.2 Å². The van der Waals surface area contributed by atoms with Gasteiger partial charge in [-0.05, 0) is 30.5 Å². The number of nitrogens with one attached hydrogen (secondary N) is 2. The van der Waals surface area contributed by atoms with Gasteiger partial charge in [0.15, 0.2) is 5.96 Å². The highest BCUT2D eigenvalue weighted by Gasteiger charge is 2.07. The number of nitrogens with zero attached hydrogens (tertiary/aromatic N) is 1. The van der Waals surface area contributed by atoms with Crippen molar-refractivity contribution in [3.05, 3.63) is 71.5 Å². The van der Waals surface area contributed by atoms with E-state index in [-0.39, 0.29) is 35.8 Å². The molecule has 0 fully saturated rings. The fourth-order valence-electron chi connectivity index (χ4n) is 2.24. The summed E-state index contributed by atoms with van der Waals surface area (Å²) < 4.78 is 13.6. The molecule has 0 aromatic heterocycles. The zero-order chi connectivity index (χ0) is 15.8. The van der Waals surface area contributed by atoms with Gasteiger partial charge in [-0.3, -0.25) is 4.99 Å². The van der Waals surface area contributed by atoms with Crippen molar-refractivity contribution in [2.75, 3.05) is 13.6 Å². The smallest absolute Gasteiger partial charge is 0.191 e. The lowest BCUT2D eigenvalue weighted by Crippen LogP contribution is -2.39. The average molecular weight is 427 g/mol. The van der Waals surface area contributed by atoms with Crippen LogP contribution in [0.5, 0.6) is 0 Å². The van der Waals surface area contributed by atoms with Gasteiger partial charge in [0.05, 0.1) is 6.04 Å². The van der Waals surface area contributed by atoms with Crippen LogP contribution in [-0.4, -0.2) is 19.6 Å². The monoisotopic (exact) mass is 427 g/mol. The first kappa shape index (κ1) is 19.4. The minimum atomic E-state index is -0.162. The van der Waals surface area contributed by atoms with Crippen LogP contribution in [0.15, 0.2) is 59.6 Å². The van der Waals surface area contributed by atoms with Gasteiger partial charge in [-0.25, -0.2) is 4.39 Å². The second-order valence-corrected chi connectivity index (χ2v) is 5.12. The molecular formula is C18H23FIN3. The predicted molar refractivity (Wildman–Crippen MR) is 105 cm³/mol. The van der Waals surface area contributed by atoms with Crippen molar-refractivity contribution >= 4 is 29.9 Å². The molecule has 0 aliphatic carbocycles. The Kier molecular flexibility index (Phi) is 8.61. The highest BCUT2D eigenvalue weighted by Crippen LogP contribution is 2.10. The third-order valence-corrected chi connectivity index (χ3v) is 3.52. The van der Waals surface area contributed by atoms with Gasteiger partial charge in [0.25, 0.3) is 0 Å². The molecular weight excluding hydrogens is 404 g/mol. The van der Waals surface area contributed by atoms with Crippen molar-refractivity contribution in [1.29, 1.82) is 0 Å². The number of hydrogen-bond donors (Lipinski definition) is 2. The highest BCUT2D eigenvalue weighted by atomic mass is 127. The lowest BCUT2D eigenvalue weighted by Gasteiger charge is -2.18. The molecule has 0 spiro atoms. The molecule has 1 atom stereocenters. The zero-order valence-corrected chi connectivity index (χ0v) is 15.8. The van der Waals surface area contributed by atoms with Gasteiger partial charge in [0.1, 0.15) is 5.82 Å². The summed E-state index contributed by atoms with van der Waals surface area (Å²) in [5.74, 6) is 0.553. The number of benzene rings is 2. The van der Waals surface area contributed by atoms with Crippen molar-refractivity contribution in [1.82, 2.24) is 10.6 Å². The van der Waals surface area contributed by atoms with E-state index < -0.39 is 0 Å². The molecule has 23 heavy (non-hydrogen) atoms. The van der Waals surface area contributed by atoms with Gasteiger partial charge in [-0.1, -0.05) is 48.5 Å². The molecule has 0 saturated carbocycles. The Morgan fingerprint density at radius 3 is 2.39 bits per heavy atom. The average Bonchev–Trinajstić information content (AvgIpc) is 2.56. The van der Waals surface area contributed by atoms with E-state index in [2.05, 4.69) is 34.7 Å². The van der Waals surface area contributed by atoms with E-state index >= 15 is 0 Å². The van der Waals surface area contributed by atoms with Gasteiger partial charge < -0.3 is 10.6 Å². The normalized spacial score (nSPS) is 12.2. The molecule has 5 heteroatoms. The zero-order valence-electron chi connectivity index (χ0n) is 13.4. The summed E-state index contributed by atoms with van der Waals surface area (Å²) in [4.78, 5) is 4.21. The SMILES string of the molecule is CN=C(NCCc1ccccc1F)NC(C)c1ccccc1.I. The number of aliphatic imine (C=N–C) groups is 1. The first-order chi connectivity index (χ1) is 10.7. The van der Waals surface area contributed by atoms with Crippen LogP contribution in [0.4, 0.5) is 4.39 Å². The van der Waals surface area contributed by atoms with Crippen molar-refractivity contribution in [2.24, 2.45) is 4.99 Å². The first-order valence-corrected chi connectivity index (χ1v) is 7.46. The number of rotatable bonds is 5. The lowest BCUT2D eigenvalue weighted by molar-refractivity contribution is 0.605. The van der Waals surface area contributed by atoms with Crippen LogP contribution in [0.3, 0.4) is 0 Å². The number of hydrogen-bond acceptors (Lipinski definition) is 1. The Hall–Kier alpha value is -1.63. The van der Waals surface area contributed by atoms with Crippen LogP contribution in [0.1, 0.15) is 24.1 Å². The van der Waals surface area contributed by atoms with Crippen molar-refractivity contribution < 1.29 is 4.39 Å². The Balaban J connectivity index is 0.00000264. The van der Waals surface area contributed by atoms with E-state index in [1.165, 1.54) is 11.6 Å². The fraction of sp³-hybridized carbons (Fsp3) is 0.278. The first-order valence-electron chi connectivity index (χ1n) is 7.46. The van der Waals surface area contributed by atoms with Crippen LogP contribution < -0.4 is 10.6 Å². The van der Waals surface area contributed by atoms with Crippen molar-refractivity contribution in [2.45, 2.75) is 19.4 Å². The molecule has 0 amide bonds. The second kappa shape index (κ2) is 10.2. The molecule has 2 N–H and O–H groups in total. The van der Waals surface area contributed by atoms with Crippen LogP contribution >= 0.6 is 24.0 Å². The Labute approximate surface area is 154 Å². The minimum absolute atomic E-state index is 0. The molecule has 2 rings (SSSR count). The summed E-state index contributed by atoms with van der Waals surface area (Å²) in [5, 5.41) is 6.55. The third-order valence-electron chi connectivity index (χ3n) is 3.52. The van der Waals surface area contributed by atoms with Gasteiger partial charge in [-0.15, -0.1) is 24.0 Å². The summed E-state index contributed by atoms with van der Waals surface area (Å²) in [5.41, 5.74) is 1.90. The van der Waals surface area contributed by atoms with E-state index in [1.807, 2.05) is 24.3 Å². The molecule has 0 radical (unpaired) electrons. The molecule has 3 nitrogen and oxygen atoms in total. The van der Waals surface area contributed by atoms with Gasteiger partial charge >= 0.3 is 0 Å². The van der Waals surface area contributed by atoms with E-state index in [4.69, 9.17) is 0 Å². The molecule has 0 saturated heterocycles. The quantitative estimate of drug-likeness (QED) is 0.431. The maximum absolute atomic E-state index is 13.6. The molecule has 1 unspecified atom stereocenters. The van der Waals surface area contributed by atoms with Crippen LogP contribution in [0, 0.1) is 5.82 Å². The van der Waals surface area contributed by atoms with Crippen LogP contribution in [0.2, 0.25) is 0 Å². The largest absolute Gasteiger partial charge is 0.356 e. The van der Waals surface area contributed by atoms with Gasteiger partial charge in [0, 0.05) is 13.6 Å². The van der Waals surface area contributed by atoms with Crippen LogP contribution in [-0.2, 0) is 6.42 Å². The topological polar surface area (TPSA) is 36.4 Å². The molecule has 124 valence electrons. The molecule has 2 aromatic rings. The number of guanidine groups is 1. The standard InChI is InChI=1S/C18H22FN3.HI/c1-14(15-8-4-3-5-9-15)22-18(20-2)21-13-12-16-10-6-7-11-17(16)19;/h3-11,14H,12-13H2,1-2H3,(H2,20,21,22);1H. The summed E-state index contributed by atoms with van der Waals surface area (Å²) in [6.45, 7) is 2.71. The van der Waals surface area contributed by atoms with Crippen molar-refractivity contribution in [3.63, 3.8) is 0 Å². The highest BCUT2D eigenvalue weighted by molar-refractivity contribution is 14.0. The Morgan fingerprint density at radius 1 is 1.09 bits per heavy atom. The number of halogens is 2. The minimum Gasteiger partial charge on any atom is -0.356 e. The maximum Gasteiger partial charge on any atom is 0.191 e. The van der Waals surface area contributed by atoms with Gasteiger partial charge in [-0.2, -0.15) is 0 Å². The van der Waals surface area contributed by atoms with E-state index in [0.29, 0.717) is 24.5 Å². The Bertz CT molecular complexity index is 617. The maximum atomic E-state index is 13.6. The summed E-state index contributed by atoms with van der Waals surface area (Å²) in [7, 11) is 1.73. The van der Waals surface area contributed by atoms with E-state index in [9.17, 15) is 4.39 Å². The molecule has 0 aliphatic heterocycles. The lowest BCUT2D eigenvalue weighted by atomic mass is 10.1. The van der Waals surface area contributed by atoms with E-state index in [0.717, 1.165) is 0 Å². The predicted octanol–water partition coefficient (Wildman–Crippen LogP) is 3.91. The fourth-order valence-corrected chi connectivity index (χ4v) is 2.24. The third kappa shape index (κ3) is 6.17. The molecule has 2 aromatic carbocycles.